The third-order valence-electron chi connectivity index (χ3n) is 3.93. The number of halogens is 3. The molecule has 3 rings (SSSR count). The van der Waals surface area contributed by atoms with Gasteiger partial charge in [0.2, 0.25) is 0 Å². The highest BCUT2D eigenvalue weighted by Gasteiger charge is 2.30. The normalized spacial score (nSPS) is 14.4. The lowest BCUT2D eigenvalue weighted by Crippen LogP contribution is -2.25. The zero-order valence-corrected chi connectivity index (χ0v) is 14.2. The number of nitrogens with zero attached hydrogens (tertiary/aromatic N) is 1. The molecule has 1 aliphatic rings. The molecule has 1 aromatic carbocycles. The number of carbonyl (C=O) groups excluding carboxylic acids is 1. The Morgan fingerprint density at radius 2 is 2.04 bits per heavy atom. The van der Waals surface area contributed by atoms with E-state index in [0.717, 1.165) is 30.3 Å². The first kappa shape index (κ1) is 17.8. The first-order chi connectivity index (χ1) is 11.9. The van der Waals surface area contributed by atoms with E-state index < -0.39 is 11.7 Å². The highest BCUT2D eigenvalue weighted by atomic mass is 32.2. The molecule has 1 heterocycles. The van der Waals surface area contributed by atoms with Crippen LogP contribution in [-0.2, 0) is 6.18 Å². The fraction of sp³-hybridized carbons (Fsp3) is 0.333. The summed E-state index contributed by atoms with van der Waals surface area (Å²) in [6, 6.07) is 8.29. The Bertz CT molecular complexity index is 760. The molecule has 0 bridgehead atoms. The van der Waals surface area contributed by atoms with Crippen LogP contribution in [0.1, 0.15) is 35.2 Å². The van der Waals surface area contributed by atoms with E-state index in [1.807, 2.05) is 0 Å². The molecule has 0 aliphatic heterocycles. The predicted octanol–water partition coefficient (Wildman–Crippen LogP) is 4.78. The standard InChI is InChI=1S/C18H17F3N2OS/c19-18(20,21)13-3-1-4-14(11-13)25-17-15(5-2-9-23-17)16(24)22-10-8-12-6-7-12/h1-5,9,11-12H,6-8,10H2,(H,22,24). The van der Waals surface area contributed by atoms with Gasteiger partial charge in [-0.3, -0.25) is 4.79 Å². The molecule has 1 aromatic heterocycles. The average Bonchev–Trinajstić information content (AvgIpc) is 3.39. The highest BCUT2D eigenvalue weighted by Crippen LogP contribution is 2.35. The number of aromatic nitrogens is 1. The Morgan fingerprint density at radius 1 is 1.24 bits per heavy atom. The van der Waals surface area contributed by atoms with Crippen LogP contribution >= 0.6 is 11.8 Å². The molecule has 0 spiro atoms. The molecule has 3 nitrogen and oxygen atoms in total. The van der Waals surface area contributed by atoms with E-state index >= 15 is 0 Å². The van der Waals surface area contributed by atoms with Crippen molar-refractivity contribution in [2.75, 3.05) is 6.54 Å². The van der Waals surface area contributed by atoms with Crippen LogP contribution in [0.3, 0.4) is 0 Å². The maximum atomic E-state index is 12.8. The number of amides is 1. The molecular formula is C18H17F3N2OS. The van der Waals surface area contributed by atoms with Gasteiger partial charge >= 0.3 is 6.18 Å². The number of pyridine rings is 1. The van der Waals surface area contributed by atoms with Crippen LogP contribution in [0.25, 0.3) is 0 Å². The molecule has 1 amide bonds. The van der Waals surface area contributed by atoms with E-state index in [2.05, 4.69) is 10.3 Å². The second-order valence-electron chi connectivity index (χ2n) is 5.97. The summed E-state index contributed by atoms with van der Waals surface area (Å²) in [5.41, 5.74) is -0.343. The summed E-state index contributed by atoms with van der Waals surface area (Å²) in [6.45, 7) is 0.603. The molecule has 0 saturated heterocycles. The topological polar surface area (TPSA) is 42.0 Å². The van der Waals surface area contributed by atoms with Gasteiger partial charge in [0.15, 0.2) is 0 Å². The Kier molecular flexibility index (Phi) is 5.32. The maximum absolute atomic E-state index is 12.8. The zero-order valence-electron chi connectivity index (χ0n) is 13.3. The minimum Gasteiger partial charge on any atom is -0.352 e. The quantitative estimate of drug-likeness (QED) is 0.800. The Hall–Kier alpha value is -2.02. The summed E-state index contributed by atoms with van der Waals surface area (Å²) in [6.07, 6.45) is 0.529. The van der Waals surface area contributed by atoms with Crippen molar-refractivity contribution in [2.45, 2.75) is 35.4 Å². The summed E-state index contributed by atoms with van der Waals surface area (Å²) in [7, 11) is 0. The van der Waals surface area contributed by atoms with Crippen molar-refractivity contribution < 1.29 is 18.0 Å². The largest absolute Gasteiger partial charge is 0.416 e. The number of carbonyl (C=O) groups is 1. The van der Waals surface area contributed by atoms with E-state index in [-0.39, 0.29) is 5.91 Å². The van der Waals surface area contributed by atoms with Gasteiger partial charge in [-0.15, -0.1) is 0 Å². The number of hydrogen-bond donors (Lipinski definition) is 1. The summed E-state index contributed by atoms with van der Waals surface area (Å²) in [5.74, 6) is 0.469. The minimum absolute atomic E-state index is 0.247. The SMILES string of the molecule is O=C(NCCC1CC1)c1cccnc1Sc1cccc(C(F)(F)F)c1. The Labute approximate surface area is 148 Å². The van der Waals surface area contributed by atoms with Crippen molar-refractivity contribution in [3.05, 3.63) is 53.7 Å². The first-order valence-corrected chi connectivity index (χ1v) is 8.83. The zero-order chi connectivity index (χ0) is 17.9. The third kappa shape index (κ3) is 4.98. The first-order valence-electron chi connectivity index (χ1n) is 8.02. The molecule has 1 saturated carbocycles. The molecule has 0 unspecified atom stereocenters. The summed E-state index contributed by atoms with van der Waals surface area (Å²) in [5, 5.41) is 3.25. The maximum Gasteiger partial charge on any atom is 0.416 e. The van der Waals surface area contributed by atoms with Crippen LogP contribution in [0.5, 0.6) is 0 Å². The second kappa shape index (κ2) is 7.47. The van der Waals surface area contributed by atoms with Gasteiger partial charge in [-0.05, 0) is 42.7 Å². The van der Waals surface area contributed by atoms with Crippen molar-refractivity contribution in [3.63, 3.8) is 0 Å². The second-order valence-corrected chi connectivity index (χ2v) is 7.03. The van der Waals surface area contributed by atoms with Gasteiger partial charge in [-0.1, -0.05) is 30.7 Å². The number of benzene rings is 1. The van der Waals surface area contributed by atoms with E-state index in [1.54, 1.807) is 18.2 Å². The van der Waals surface area contributed by atoms with E-state index in [1.165, 1.54) is 25.1 Å². The Balaban J connectivity index is 1.73. The van der Waals surface area contributed by atoms with Crippen LogP contribution in [0.15, 0.2) is 52.5 Å². The highest BCUT2D eigenvalue weighted by molar-refractivity contribution is 7.99. The smallest absolute Gasteiger partial charge is 0.352 e. The van der Waals surface area contributed by atoms with E-state index in [0.29, 0.717) is 27.9 Å². The monoisotopic (exact) mass is 366 g/mol. The molecule has 0 atom stereocenters. The lowest BCUT2D eigenvalue weighted by atomic mass is 10.2. The van der Waals surface area contributed by atoms with Crippen LogP contribution < -0.4 is 5.32 Å². The number of hydrogen-bond acceptors (Lipinski definition) is 3. The molecule has 7 heteroatoms. The van der Waals surface area contributed by atoms with Crippen LogP contribution in [0.4, 0.5) is 13.2 Å². The average molecular weight is 366 g/mol. The van der Waals surface area contributed by atoms with E-state index in [4.69, 9.17) is 0 Å². The molecule has 25 heavy (non-hydrogen) atoms. The molecule has 1 fully saturated rings. The molecule has 1 N–H and O–H groups in total. The van der Waals surface area contributed by atoms with Crippen molar-refractivity contribution in [3.8, 4) is 0 Å². The fourth-order valence-corrected chi connectivity index (χ4v) is 3.32. The predicted molar refractivity (Wildman–Crippen MR) is 89.5 cm³/mol. The van der Waals surface area contributed by atoms with Crippen LogP contribution in [-0.4, -0.2) is 17.4 Å². The van der Waals surface area contributed by atoms with Crippen molar-refractivity contribution in [1.82, 2.24) is 10.3 Å². The van der Waals surface area contributed by atoms with Crippen molar-refractivity contribution in [1.29, 1.82) is 0 Å². The lowest BCUT2D eigenvalue weighted by molar-refractivity contribution is -0.137. The molecule has 2 aromatic rings. The van der Waals surface area contributed by atoms with Crippen LogP contribution in [0, 0.1) is 5.92 Å². The van der Waals surface area contributed by atoms with Crippen LogP contribution in [0.2, 0.25) is 0 Å². The van der Waals surface area contributed by atoms with E-state index in [9.17, 15) is 18.0 Å². The van der Waals surface area contributed by atoms with Crippen molar-refractivity contribution in [2.24, 2.45) is 5.92 Å². The van der Waals surface area contributed by atoms with Gasteiger partial charge in [-0.25, -0.2) is 4.98 Å². The number of nitrogens with one attached hydrogen (secondary N) is 1. The summed E-state index contributed by atoms with van der Waals surface area (Å²) < 4.78 is 38.5. The van der Waals surface area contributed by atoms with Gasteiger partial charge in [0.05, 0.1) is 11.1 Å². The Morgan fingerprint density at radius 3 is 2.76 bits per heavy atom. The molecule has 1 aliphatic carbocycles. The van der Waals surface area contributed by atoms with Gasteiger partial charge in [-0.2, -0.15) is 13.2 Å². The van der Waals surface area contributed by atoms with Gasteiger partial charge in [0, 0.05) is 17.6 Å². The van der Waals surface area contributed by atoms with Gasteiger partial charge in [0.25, 0.3) is 5.91 Å². The lowest BCUT2D eigenvalue weighted by Gasteiger charge is -2.11. The van der Waals surface area contributed by atoms with Crippen molar-refractivity contribution >= 4 is 17.7 Å². The minimum atomic E-state index is -4.40. The molecular weight excluding hydrogens is 349 g/mol. The number of alkyl halides is 3. The summed E-state index contributed by atoms with van der Waals surface area (Å²) in [4.78, 5) is 16.9. The third-order valence-corrected chi connectivity index (χ3v) is 4.94. The summed E-state index contributed by atoms with van der Waals surface area (Å²) >= 11 is 1.05. The molecule has 0 radical (unpaired) electrons. The van der Waals surface area contributed by atoms with Gasteiger partial charge < -0.3 is 5.32 Å². The fourth-order valence-electron chi connectivity index (χ4n) is 2.38. The molecule has 132 valence electrons. The van der Waals surface area contributed by atoms with Gasteiger partial charge in [0.1, 0.15) is 5.03 Å². The number of rotatable bonds is 6.